The Labute approximate surface area is 196 Å². The zero-order valence-corrected chi connectivity index (χ0v) is 20.0. The van der Waals surface area contributed by atoms with Gasteiger partial charge in [0.15, 0.2) is 5.78 Å². The van der Waals surface area contributed by atoms with Gasteiger partial charge in [-0.1, -0.05) is 24.3 Å². The van der Waals surface area contributed by atoms with Crippen molar-refractivity contribution < 1.29 is 9.90 Å². The van der Waals surface area contributed by atoms with Crippen LogP contribution in [0.25, 0.3) is 11.0 Å². The molecule has 0 unspecified atom stereocenters. The fourth-order valence-electron chi connectivity index (χ4n) is 9.93. The van der Waals surface area contributed by atoms with Crippen molar-refractivity contribution in [3.05, 3.63) is 24.3 Å². The smallest absolute Gasteiger partial charge is 0.158 e. The first-order valence-electron chi connectivity index (χ1n) is 13.4. The van der Waals surface area contributed by atoms with E-state index in [9.17, 15) is 9.90 Å². The van der Waals surface area contributed by atoms with Crippen LogP contribution in [0.2, 0.25) is 0 Å². The Balaban J connectivity index is 1.14. The third kappa shape index (κ3) is 2.96. The first-order valence-corrected chi connectivity index (χ1v) is 13.4. The van der Waals surface area contributed by atoms with Crippen molar-refractivity contribution in [1.82, 2.24) is 15.0 Å². The molecule has 5 aliphatic rings. The number of fused-ring (bicyclic) bond motifs is 8. The first-order chi connectivity index (χ1) is 15.9. The van der Waals surface area contributed by atoms with E-state index in [1.54, 1.807) is 0 Å². The quantitative estimate of drug-likeness (QED) is 0.728. The van der Waals surface area contributed by atoms with Crippen LogP contribution in [0.5, 0.6) is 0 Å². The van der Waals surface area contributed by atoms with Gasteiger partial charge in [-0.3, -0.25) is 4.79 Å². The predicted octanol–water partition coefficient (Wildman–Crippen LogP) is 4.88. The maximum absolute atomic E-state index is 13.8. The molecule has 0 bridgehead atoms. The van der Waals surface area contributed by atoms with Crippen LogP contribution in [0.3, 0.4) is 0 Å². The molecule has 33 heavy (non-hydrogen) atoms. The first kappa shape index (κ1) is 20.6. The molecule has 1 aromatic heterocycles. The van der Waals surface area contributed by atoms with E-state index in [-0.39, 0.29) is 11.3 Å². The summed E-state index contributed by atoms with van der Waals surface area (Å²) in [5, 5.41) is 19.3. The van der Waals surface area contributed by atoms with E-state index in [2.05, 4.69) is 17.2 Å². The molecule has 7 rings (SSSR count). The Hall–Kier alpha value is -1.75. The number of Topliss-reactive ketones (excluding diaryl/α,β-unsaturated/α-hetero) is 1. The van der Waals surface area contributed by atoms with Gasteiger partial charge in [-0.25, -0.2) is 4.68 Å². The molecule has 1 N–H and O–H groups in total. The molecule has 0 aliphatic heterocycles. The SMILES string of the molecule is C[C@@]1(O)CC[C@H]2[C@H](CC[C@@H]3[C@@H]2CC[C@@]2(C)[C@H]3[C@@H]3C[C@@H]3[C@@H]2C(=O)Cn2nnc3ccccc32)C1. The summed E-state index contributed by atoms with van der Waals surface area (Å²) in [6.45, 7) is 4.89. The monoisotopic (exact) mass is 447 g/mol. The largest absolute Gasteiger partial charge is 0.390 e. The molecule has 0 amide bonds. The van der Waals surface area contributed by atoms with Crippen LogP contribution in [0.4, 0.5) is 0 Å². The van der Waals surface area contributed by atoms with Gasteiger partial charge in [0, 0.05) is 5.92 Å². The number of para-hydroxylation sites is 1. The minimum atomic E-state index is -0.449. The van der Waals surface area contributed by atoms with Crippen LogP contribution >= 0.6 is 0 Å². The fourth-order valence-corrected chi connectivity index (χ4v) is 9.93. The number of ketones is 1. The number of aromatic nitrogens is 3. The summed E-state index contributed by atoms with van der Waals surface area (Å²) in [5.74, 6) is 5.84. The van der Waals surface area contributed by atoms with Gasteiger partial charge < -0.3 is 5.11 Å². The molecule has 0 saturated heterocycles. The summed E-state index contributed by atoms with van der Waals surface area (Å²) in [7, 11) is 0. The van der Waals surface area contributed by atoms with E-state index in [0.717, 1.165) is 53.5 Å². The van der Waals surface area contributed by atoms with Gasteiger partial charge in [0.25, 0.3) is 0 Å². The Morgan fingerprint density at radius 1 is 1.03 bits per heavy atom. The lowest BCUT2D eigenvalue weighted by Crippen LogP contribution is -2.52. The van der Waals surface area contributed by atoms with Gasteiger partial charge >= 0.3 is 0 Å². The minimum absolute atomic E-state index is 0.162. The Morgan fingerprint density at radius 2 is 1.85 bits per heavy atom. The molecule has 1 aromatic carbocycles. The summed E-state index contributed by atoms with van der Waals surface area (Å²) < 4.78 is 1.83. The maximum atomic E-state index is 13.8. The van der Waals surface area contributed by atoms with E-state index in [4.69, 9.17) is 0 Å². The summed E-state index contributed by atoms with van der Waals surface area (Å²) in [5.41, 5.74) is 1.55. The summed E-state index contributed by atoms with van der Waals surface area (Å²) in [6.07, 6.45) is 9.55. The van der Waals surface area contributed by atoms with Crippen LogP contribution in [0.15, 0.2) is 24.3 Å². The molecule has 0 radical (unpaired) electrons. The summed E-state index contributed by atoms with van der Waals surface area (Å²) in [4.78, 5) is 13.8. The van der Waals surface area contributed by atoms with Crippen molar-refractivity contribution in [1.29, 1.82) is 0 Å². The highest BCUT2D eigenvalue weighted by molar-refractivity contribution is 5.85. The van der Waals surface area contributed by atoms with E-state index in [1.807, 2.05) is 35.9 Å². The molecule has 5 aliphatic carbocycles. The molecule has 5 nitrogen and oxygen atoms in total. The second-order valence-electron chi connectivity index (χ2n) is 12.9. The van der Waals surface area contributed by atoms with Crippen LogP contribution in [0, 0.1) is 52.8 Å². The Morgan fingerprint density at radius 3 is 2.73 bits per heavy atom. The number of nitrogens with zero attached hydrogens (tertiary/aromatic N) is 3. The second-order valence-corrected chi connectivity index (χ2v) is 12.9. The average Bonchev–Trinajstić information content (AvgIpc) is 3.34. The summed E-state index contributed by atoms with van der Waals surface area (Å²) in [6, 6.07) is 7.96. The highest BCUT2D eigenvalue weighted by atomic mass is 16.3. The number of carbonyl (C=O) groups is 1. The molecule has 176 valence electrons. The number of hydrogen-bond donors (Lipinski definition) is 1. The third-order valence-corrected chi connectivity index (χ3v) is 11.1. The van der Waals surface area contributed by atoms with Gasteiger partial charge in [0.2, 0.25) is 0 Å². The maximum Gasteiger partial charge on any atom is 0.158 e. The molecule has 2 aromatic rings. The molecule has 5 heteroatoms. The number of carbonyl (C=O) groups excluding carboxylic acids is 1. The van der Waals surface area contributed by atoms with Gasteiger partial charge in [-0.05, 0) is 117 Å². The average molecular weight is 448 g/mol. The highest BCUT2D eigenvalue weighted by Gasteiger charge is 2.70. The molecular formula is C28H37N3O2. The standard InChI is InChI=1S/C28H37N3O2/c1-27(33)11-9-17-16(14-27)7-8-19-18(17)10-12-28(2)25(19)20-13-21(20)26(28)24(32)15-31-23-6-4-3-5-22(23)29-30-31/h3-6,16-21,25-26,33H,7-15H2,1-2H3/t16-,17+,18-,19-,20-,21+,25-,26-,27-,28+/m1/s1. The number of hydrogen-bond acceptors (Lipinski definition) is 4. The predicted molar refractivity (Wildman–Crippen MR) is 126 cm³/mol. The molecule has 5 saturated carbocycles. The zero-order chi connectivity index (χ0) is 22.5. The number of aliphatic hydroxyl groups is 1. The third-order valence-electron chi connectivity index (χ3n) is 11.1. The van der Waals surface area contributed by atoms with Crippen LogP contribution < -0.4 is 0 Å². The zero-order valence-electron chi connectivity index (χ0n) is 20.0. The van der Waals surface area contributed by atoms with Crippen molar-refractivity contribution >= 4 is 16.8 Å². The van der Waals surface area contributed by atoms with Crippen LogP contribution in [-0.4, -0.2) is 31.5 Å². The molecular weight excluding hydrogens is 410 g/mol. The number of rotatable bonds is 3. The van der Waals surface area contributed by atoms with E-state index >= 15 is 0 Å². The minimum Gasteiger partial charge on any atom is -0.390 e. The lowest BCUT2D eigenvalue weighted by atomic mass is 9.48. The topological polar surface area (TPSA) is 68.0 Å². The van der Waals surface area contributed by atoms with Crippen LogP contribution in [-0.2, 0) is 11.3 Å². The second kappa shape index (κ2) is 6.90. The normalized spacial score (nSPS) is 48.0. The van der Waals surface area contributed by atoms with Crippen molar-refractivity contribution in [2.24, 2.45) is 52.8 Å². The molecule has 0 spiro atoms. The highest BCUT2D eigenvalue weighted by Crippen LogP contribution is 2.74. The van der Waals surface area contributed by atoms with E-state index in [0.29, 0.717) is 24.2 Å². The van der Waals surface area contributed by atoms with Crippen LogP contribution in [0.1, 0.15) is 65.2 Å². The number of benzene rings is 1. The van der Waals surface area contributed by atoms with Crippen molar-refractivity contribution in [2.45, 2.75) is 77.4 Å². The molecule has 10 atom stereocenters. The van der Waals surface area contributed by atoms with E-state index in [1.165, 1.54) is 38.5 Å². The van der Waals surface area contributed by atoms with Gasteiger partial charge in [-0.15, -0.1) is 5.10 Å². The van der Waals surface area contributed by atoms with Gasteiger partial charge in [-0.2, -0.15) is 0 Å². The molecule has 1 heterocycles. The van der Waals surface area contributed by atoms with E-state index < -0.39 is 5.60 Å². The van der Waals surface area contributed by atoms with Crippen molar-refractivity contribution in [3.63, 3.8) is 0 Å². The van der Waals surface area contributed by atoms with Crippen molar-refractivity contribution in [3.8, 4) is 0 Å². The lowest BCUT2D eigenvalue weighted by molar-refractivity contribution is -0.136. The lowest BCUT2D eigenvalue weighted by Gasteiger charge is -2.57. The Kier molecular flexibility index (Phi) is 4.31. The van der Waals surface area contributed by atoms with Crippen molar-refractivity contribution in [2.75, 3.05) is 0 Å². The Bertz CT molecular complexity index is 1110. The fraction of sp³-hybridized carbons (Fsp3) is 0.750. The summed E-state index contributed by atoms with van der Waals surface area (Å²) >= 11 is 0. The van der Waals surface area contributed by atoms with Gasteiger partial charge in [0.1, 0.15) is 12.1 Å². The van der Waals surface area contributed by atoms with Gasteiger partial charge in [0.05, 0.1) is 11.1 Å². The molecule has 5 fully saturated rings.